The molecule has 1 N–H and O–H groups in total. The molecule has 8 nitrogen and oxygen atoms in total. The quantitative estimate of drug-likeness (QED) is 0.528. The van der Waals surface area contributed by atoms with Gasteiger partial charge >= 0.3 is 0 Å². The van der Waals surface area contributed by atoms with Crippen LogP contribution in [-0.4, -0.2) is 56.9 Å². The Morgan fingerprint density at radius 3 is 2.69 bits per heavy atom. The molecule has 36 heavy (non-hydrogen) atoms. The minimum atomic E-state index is -0.157. The Bertz CT molecular complexity index is 1300. The van der Waals surface area contributed by atoms with Gasteiger partial charge in [-0.1, -0.05) is 12.1 Å². The molecule has 3 aromatic rings. The number of ether oxygens (including phenoxy) is 1. The third-order valence-electron chi connectivity index (χ3n) is 8.39. The lowest BCUT2D eigenvalue weighted by Gasteiger charge is -2.41. The summed E-state index contributed by atoms with van der Waals surface area (Å²) in [7, 11) is 1.96. The van der Waals surface area contributed by atoms with Crippen LogP contribution in [0.1, 0.15) is 58.3 Å². The van der Waals surface area contributed by atoms with Crippen LogP contribution in [0.15, 0.2) is 42.7 Å². The van der Waals surface area contributed by atoms with E-state index in [1.165, 1.54) is 37.9 Å². The first-order chi connectivity index (χ1) is 17.5. The topological polar surface area (TPSA) is 85.2 Å². The van der Waals surface area contributed by atoms with Crippen LogP contribution in [-0.2, 0) is 30.2 Å². The van der Waals surface area contributed by atoms with Crippen molar-refractivity contribution in [3.8, 4) is 0 Å². The second-order valence-electron chi connectivity index (χ2n) is 11.4. The van der Waals surface area contributed by atoms with E-state index in [0.29, 0.717) is 24.8 Å². The van der Waals surface area contributed by atoms with Crippen molar-refractivity contribution in [1.82, 2.24) is 24.6 Å². The van der Waals surface area contributed by atoms with Gasteiger partial charge in [0.25, 0.3) is 5.91 Å². The van der Waals surface area contributed by atoms with E-state index in [4.69, 9.17) is 9.72 Å². The molecule has 2 saturated carbocycles. The molecule has 0 radical (unpaired) electrons. The molecule has 4 aliphatic rings. The number of aromatic nitrogens is 4. The maximum absolute atomic E-state index is 13.4. The lowest BCUT2D eigenvalue weighted by molar-refractivity contribution is -0.0610. The maximum atomic E-state index is 13.4. The molecule has 4 heterocycles. The normalized spacial score (nSPS) is 24.2. The van der Waals surface area contributed by atoms with Gasteiger partial charge < -0.3 is 14.6 Å². The van der Waals surface area contributed by atoms with Gasteiger partial charge in [-0.15, -0.1) is 10.2 Å². The largest absolute Gasteiger partial charge is 0.379 e. The Kier molecular flexibility index (Phi) is 5.22. The van der Waals surface area contributed by atoms with Crippen LogP contribution in [0.2, 0.25) is 0 Å². The van der Waals surface area contributed by atoms with Crippen molar-refractivity contribution < 1.29 is 9.53 Å². The monoisotopic (exact) mass is 484 g/mol. The molecular weight excluding hydrogens is 452 g/mol. The van der Waals surface area contributed by atoms with Gasteiger partial charge in [0.1, 0.15) is 17.8 Å². The minimum Gasteiger partial charge on any atom is -0.379 e. The molecule has 7 rings (SSSR count). The standard InChI is InChI=1S/C28H32N6O2/c1-33-17-29-32-26(33)11-28(15-36-16-28)22-3-2-4-23(10-22)30-27(35)25-8-18(7-24(31-25)19-5-6-19)12-34-13-20-9-21(20)14-34/h2-4,7-8,10,17,19-21H,5-6,9,11-16H2,1H3,(H,30,35)/t20-,21+. The van der Waals surface area contributed by atoms with E-state index in [9.17, 15) is 4.79 Å². The van der Waals surface area contributed by atoms with Gasteiger partial charge in [0.2, 0.25) is 0 Å². The number of amides is 1. The number of hydrogen-bond donors (Lipinski definition) is 1. The number of pyridine rings is 1. The number of piperidine rings is 1. The zero-order chi connectivity index (χ0) is 24.3. The maximum Gasteiger partial charge on any atom is 0.274 e. The molecule has 1 aromatic carbocycles. The van der Waals surface area contributed by atoms with Gasteiger partial charge in [-0.2, -0.15) is 0 Å². The Balaban J connectivity index is 1.10. The van der Waals surface area contributed by atoms with Crippen LogP contribution in [0.4, 0.5) is 5.69 Å². The van der Waals surface area contributed by atoms with E-state index in [1.807, 2.05) is 29.8 Å². The molecule has 186 valence electrons. The van der Waals surface area contributed by atoms with E-state index < -0.39 is 0 Å². The highest BCUT2D eigenvalue weighted by atomic mass is 16.5. The zero-order valence-corrected chi connectivity index (χ0v) is 20.7. The molecule has 0 bridgehead atoms. The summed E-state index contributed by atoms with van der Waals surface area (Å²) in [6, 6.07) is 12.3. The fourth-order valence-corrected chi connectivity index (χ4v) is 5.90. The highest BCUT2D eigenvalue weighted by molar-refractivity contribution is 6.03. The smallest absolute Gasteiger partial charge is 0.274 e. The van der Waals surface area contributed by atoms with Gasteiger partial charge in [0, 0.05) is 55.8 Å². The number of rotatable bonds is 8. The van der Waals surface area contributed by atoms with Crippen molar-refractivity contribution in [3.63, 3.8) is 0 Å². The Morgan fingerprint density at radius 1 is 1.17 bits per heavy atom. The van der Waals surface area contributed by atoms with Crippen molar-refractivity contribution in [2.24, 2.45) is 18.9 Å². The number of likely N-dealkylation sites (tertiary alicyclic amines) is 1. The number of carbonyl (C=O) groups is 1. The van der Waals surface area contributed by atoms with Crippen LogP contribution < -0.4 is 5.32 Å². The van der Waals surface area contributed by atoms with Crippen LogP contribution in [0.25, 0.3) is 0 Å². The first-order valence-corrected chi connectivity index (χ1v) is 13.1. The van der Waals surface area contributed by atoms with Crippen molar-refractivity contribution in [2.45, 2.75) is 43.6 Å². The Morgan fingerprint density at radius 2 is 2.00 bits per heavy atom. The average Bonchev–Trinajstić information content (AvgIpc) is 3.76. The minimum absolute atomic E-state index is 0.146. The molecule has 8 heteroatoms. The number of fused-ring (bicyclic) bond motifs is 1. The molecule has 2 aliphatic heterocycles. The van der Waals surface area contributed by atoms with Gasteiger partial charge in [0.05, 0.1) is 13.2 Å². The molecule has 0 spiro atoms. The summed E-state index contributed by atoms with van der Waals surface area (Å²) in [5, 5.41) is 11.4. The fourth-order valence-electron chi connectivity index (χ4n) is 5.90. The molecule has 2 aliphatic carbocycles. The number of hydrogen-bond acceptors (Lipinski definition) is 6. The van der Waals surface area contributed by atoms with Gasteiger partial charge in [-0.05, 0) is 66.5 Å². The van der Waals surface area contributed by atoms with E-state index in [-0.39, 0.29) is 11.3 Å². The summed E-state index contributed by atoms with van der Waals surface area (Å²) in [5.41, 5.74) is 4.57. The Labute approximate surface area is 211 Å². The summed E-state index contributed by atoms with van der Waals surface area (Å²) < 4.78 is 7.58. The van der Waals surface area contributed by atoms with Crippen molar-refractivity contribution in [2.75, 3.05) is 31.6 Å². The lowest BCUT2D eigenvalue weighted by atomic mass is 9.75. The molecule has 2 atom stereocenters. The summed E-state index contributed by atoms with van der Waals surface area (Å²) in [6.07, 6.45) is 6.21. The molecule has 1 amide bonds. The number of carbonyl (C=O) groups excluding carboxylic acids is 1. The van der Waals surface area contributed by atoms with E-state index in [0.717, 1.165) is 47.6 Å². The molecule has 2 saturated heterocycles. The third-order valence-corrected chi connectivity index (χ3v) is 8.39. The molecule has 0 unspecified atom stereocenters. The van der Waals surface area contributed by atoms with Crippen LogP contribution in [0.3, 0.4) is 0 Å². The van der Waals surface area contributed by atoms with Crippen LogP contribution in [0, 0.1) is 11.8 Å². The second kappa shape index (κ2) is 8.49. The zero-order valence-electron chi connectivity index (χ0n) is 20.7. The number of nitrogens with zero attached hydrogens (tertiary/aromatic N) is 5. The van der Waals surface area contributed by atoms with Crippen molar-refractivity contribution in [1.29, 1.82) is 0 Å². The van der Waals surface area contributed by atoms with Gasteiger partial charge in [-0.3, -0.25) is 9.69 Å². The predicted molar refractivity (Wildman–Crippen MR) is 135 cm³/mol. The number of anilines is 1. The van der Waals surface area contributed by atoms with Crippen molar-refractivity contribution >= 4 is 11.6 Å². The highest BCUT2D eigenvalue weighted by Crippen LogP contribution is 2.45. The van der Waals surface area contributed by atoms with Crippen LogP contribution in [0.5, 0.6) is 0 Å². The van der Waals surface area contributed by atoms with Crippen LogP contribution >= 0.6 is 0 Å². The van der Waals surface area contributed by atoms with Crippen molar-refractivity contribution in [3.05, 3.63) is 71.1 Å². The summed E-state index contributed by atoms with van der Waals surface area (Å²) in [6.45, 7) is 4.56. The molecule has 4 fully saturated rings. The average molecular weight is 485 g/mol. The predicted octanol–water partition coefficient (Wildman–Crippen LogP) is 3.30. The number of aryl methyl sites for hydroxylation is 1. The summed E-state index contributed by atoms with van der Waals surface area (Å²) in [4.78, 5) is 20.7. The first kappa shape index (κ1) is 22.1. The second-order valence-corrected chi connectivity index (χ2v) is 11.4. The van der Waals surface area contributed by atoms with Gasteiger partial charge in [0.15, 0.2) is 0 Å². The molecule has 2 aromatic heterocycles. The summed E-state index contributed by atoms with van der Waals surface area (Å²) >= 11 is 0. The first-order valence-electron chi connectivity index (χ1n) is 13.1. The van der Waals surface area contributed by atoms with E-state index in [2.05, 4.69) is 38.6 Å². The van der Waals surface area contributed by atoms with E-state index in [1.54, 1.807) is 6.33 Å². The van der Waals surface area contributed by atoms with E-state index >= 15 is 0 Å². The third kappa shape index (κ3) is 4.22. The number of nitrogens with one attached hydrogen (secondary N) is 1. The molecular formula is C28H32N6O2. The lowest BCUT2D eigenvalue weighted by Crippen LogP contribution is -2.49. The fraction of sp³-hybridized carbons (Fsp3) is 0.500. The van der Waals surface area contributed by atoms with Gasteiger partial charge in [-0.25, -0.2) is 4.98 Å². The number of benzene rings is 1. The SMILES string of the molecule is Cn1cnnc1CC1(c2cccc(NC(=O)c3cc(CN4C[C@H]5C[C@H]5C4)cc(C4CC4)n3)c2)COC1. The summed E-state index contributed by atoms with van der Waals surface area (Å²) in [5.74, 6) is 3.10. The highest BCUT2D eigenvalue weighted by Gasteiger charge is 2.45. The Hall–Kier alpha value is -3.10.